The molecule has 0 spiro atoms. The molecular formula is C19H28N4O2S. The number of hydrogen-bond acceptors (Lipinski definition) is 6. The molecule has 0 radical (unpaired) electrons. The van der Waals surface area contributed by atoms with Crippen LogP contribution in [0.4, 0.5) is 5.82 Å². The molecule has 1 aromatic rings. The third-order valence-corrected chi connectivity index (χ3v) is 8.46. The number of hydrogen-bond donors (Lipinski definition) is 0. The molecule has 26 heavy (non-hydrogen) atoms. The largest absolute Gasteiger partial charge is 0.356 e. The predicted octanol–water partition coefficient (Wildman–Crippen LogP) is 1.55. The molecule has 1 saturated carbocycles. The number of fused-ring (bicyclic) bond motifs is 1. The van der Waals surface area contributed by atoms with Crippen LogP contribution in [0.15, 0.2) is 12.4 Å². The summed E-state index contributed by atoms with van der Waals surface area (Å²) in [5.74, 6) is 4.58. The van der Waals surface area contributed by atoms with Crippen molar-refractivity contribution in [1.82, 2.24) is 14.9 Å². The monoisotopic (exact) mass is 376 g/mol. The van der Waals surface area contributed by atoms with E-state index in [9.17, 15) is 8.42 Å². The summed E-state index contributed by atoms with van der Waals surface area (Å²) >= 11 is 0. The minimum Gasteiger partial charge on any atom is -0.356 e. The lowest BCUT2D eigenvalue weighted by molar-refractivity contribution is 0.252. The standard InChI is InChI=1S/C19H28N4O2S/c24-26(25)5-3-14(4-6-26)8-22-9-16-11-23(12-17(16)10-22)19-7-18(15-1-2-15)20-13-21-19/h7,13-17H,1-6,8-12H2. The zero-order valence-corrected chi connectivity index (χ0v) is 16.1. The fourth-order valence-electron chi connectivity index (χ4n) is 5.05. The van der Waals surface area contributed by atoms with Crippen LogP contribution >= 0.6 is 0 Å². The Morgan fingerprint density at radius 2 is 1.65 bits per heavy atom. The summed E-state index contributed by atoms with van der Waals surface area (Å²) in [7, 11) is -2.74. The van der Waals surface area contributed by atoms with Crippen molar-refractivity contribution in [1.29, 1.82) is 0 Å². The zero-order valence-electron chi connectivity index (χ0n) is 15.3. The van der Waals surface area contributed by atoms with Gasteiger partial charge in [-0.25, -0.2) is 18.4 Å². The van der Waals surface area contributed by atoms with Crippen molar-refractivity contribution >= 4 is 15.7 Å². The molecule has 7 heteroatoms. The molecule has 6 nitrogen and oxygen atoms in total. The molecule has 5 rings (SSSR count). The van der Waals surface area contributed by atoms with Crippen LogP contribution in [-0.4, -0.2) is 67.5 Å². The van der Waals surface area contributed by atoms with Gasteiger partial charge in [0.25, 0.3) is 0 Å². The molecule has 2 atom stereocenters. The topological polar surface area (TPSA) is 66.4 Å². The van der Waals surface area contributed by atoms with E-state index >= 15 is 0 Å². The van der Waals surface area contributed by atoms with E-state index in [1.807, 2.05) is 0 Å². The highest BCUT2D eigenvalue weighted by atomic mass is 32.2. The second-order valence-electron chi connectivity index (χ2n) is 8.81. The Hall–Kier alpha value is -1.21. The van der Waals surface area contributed by atoms with E-state index in [4.69, 9.17) is 0 Å². The Labute approximate surface area is 155 Å². The lowest BCUT2D eigenvalue weighted by atomic mass is 10.0. The van der Waals surface area contributed by atoms with E-state index in [0.717, 1.165) is 63.2 Å². The first kappa shape index (κ1) is 16.9. The molecular weight excluding hydrogens is 348 g/mol. The molecule has 0 bridgehead atoms. The van der Waals surface area contributed by atoms with Crippen LogP contribution in [-0.2, 0) is 9.84 Å². The van der Waals surface area contributed by atoms with E-state index in [2.05, 4.69) is 25.8 Å². The smallest absolute Gasteiger partial charge is 0.150 e. The highest BCUT2D eigenvalue weighted by Crippen LogP contribution is 2.40. The number of sulfone groups is 1. The highest BCUT2D eigenvalue weighted by Gasteiger charge is 2.41. The Morgan fingerprint density at radius 3 is 2.31 bits per heavy atom. The van der Waals surface area contributed by atoms with Gasteiger partial charge < -0.3 is 9.80 Å². The average molecular weight is 377 g/mol. The van der Waals surface area contributed by atoms with E-state index in [0.29, 0.717) is 23.3 Å². The summed E-state index contributed by atoms with van der Waals surface area (Å²) in [5, 5.41) is 0. The fraction of sp³-hybridized carbons (Fsp3) is 0.789. The van der Waals surface area contributed by atoms with Gasteiger partial charge in [-0.3, -0.25) is 0 Å². The maximum atomic E-state index is 11.6. The summed E-state index contributed by atoms with van der Waals surface area (Å²) in [5.41, 5.74) is 1.22. The first-order valence-corrected chi connectivity index (χ1v) is 11.9. The van der Waals surface area contributed by atoms with Crippen molar-refractivity contribution in [2.24, 2.45) is 17.8 Å². The molecule has 4 aliphatic rings. The van der Waals surface area contributed by atoms with Crippen LogP contribution < -0.4 is 4.90 Å². The van der Waals surface area contributed by atoms with Crippen molar-refractivity contribution in [3.05, 3.63) is 18.1 Å². The minimum atomic E-state index is -2.74. The lowest BCUT2D eigenvalue weighted by Crippen LogP contribution is -2.35. The predicted molar refractivity (Wildman–Crippen MR) is 101 cm³/mol. The Bertz CT molecular complexity index is 751. The molecule has 1 aliphatic carbocycles. The summed E-state index contributed by atoms with van der Waals surface area (Å²) in [6.07, 6.45) is 6.00. The van der Waals surface area contributed by atoms with Gasteiger partial charge in [-0.15, -0.1) is 0 Å². The molecule has 2 unspecified atom stereocenters. The Morgan fingerprint density at radius 1 is 0.962 bits per heavy atom. The van der Waals surface area contributed by atoms with Gasteiger partial charge in [0.2, 0.25) is 0 Å². The summed E-state index contributed by atoms with van der Waals surface area (Å²) in [6.45, 7) is 5.60. The summed E-state index contributed by atoms with van der Waals surface area (Å²) in [4.78, 5) is 14.0. The molecule has 0 amide bonds. The average Bonchev–Trinajstić information content (AvgIpc) is 3.30. The first-order valence-electron chi connectivity index (χ1n) is 10.1. The van der Waals surface area contributed by atoms with Crippen molar-refractivity contribution < 1.29 is 8.42 Å². The fourth-order valence-corrected chi connectivity index (χ4v) is 6.64. The molecule has 4 fully saturated rings. The van der Waals surface area contributed by atoms with Crippen molar-refractivity contribution in [3.63, 3.8) is 0 Å². The molecule has 142 valence electrons. The van der Waals surface area contributed by atoms with Crippen LogP contribution in [0, 0.1) is 17.8 Å². The summed E-state index contributed by atoms with van der Waals surface area (Å²) in [6, 6.07) is 2.21. The van der Waals surface area contributed by atoms with Crippen LogP contribution in [0.25, 0.3) is 0 Å². The zero-order chi connectivity index (χ0) is 17.7. The molecule has 4 heterocycles. The third-order valence-electron chi connectivity index (χ3n) is 6.75. The van der Waals surface area contributed by atoms with Crippen molar-refractivity contribution in [2.45, 2.75) is 31.6 Å². The third kappa shape index (κ3) is 3.48. The van der Waals surface area contributed by atoms with E-state index in [-0.39, 0.29) is 0 Å². The lowest BCUT2D eigenvalue weighted by Gasteiger charge is -2.28. The number of likely N-dealkylation sites (tertiary alicyclic amines) is 1. The van der Waals surface area contributed by atoms with Crippen molar-refractivity contribution in [2.75, 3.05) is 49.1 Å². The molecule has 3 saturated heterocycles. The first-order chi connectivity index (χ1) is 12.6. The van der Waals surface area contributed by atoms with Gasteiger partial charge in [-0.2, -0.15) is 0 Å². The second kappa shape index (κ2) is 6.44. The molecule has 0 aromatic carbocycles. The number of nitrogens with zero attached hydrogens (tertiary/aromatic N) is 4. The summed E-state index contributed by atoms with van der Waals surface area (Å²) < 4.78 is 23.2. The van der Waals surface area contributed by atoms with Gasteiger partial charge in [0.1, 0.15) is 22.0 Å². The van der Waals surface area contributed by atoms with Gasteiger partial charge in [0.15, 0.2) is 0 Å². The van der Waals surface area contributed by atoms with Crippen molar-refractivity contribution in [3.8, 4) is 0 Å². The SMILES string of the molecule is O=S1(=O)CCC(CN2CC3CN(c4cc(C5CC5)ncn4)CC3C2)CC1. The molecule has 1 aromatic heterocycles. The second-order valence-corrected chi connectivity index (χ2v) is 11.1. The van der Waals surface area contributed by atoms with Gasteiger partial charge in [-0.05, 0) is 43.4 Å². The van der Waals surface area contributed by atoms with Gasteiger partial charge in [-0.1, -0.05) is 0 Å². The molecule has 0 N–H and O–H groups in total. The Balaban J connectivity index is 1.16. The van der Waals surface area contributed by atoms with E-state index in [1.54, 1.807) is 6.33 Å². The van der Waals surface area contributed by atoms with Gasteiger partial charge in [0, 0.05) is 50.4 Å². The molecule has 3 aliphatic heterocycles. The van der Waals surface area contributed by atoms with Crippen LogP contribution in [0.3, 0.4) is 0 Å². The number of anilines is 1. The Kier molecular flexibility index (Phi) is 4.20. The van der Waals surface area contributed by atoms with Crippen LogP contribution in [0.1, 0.15) is 37.3 Å². The quantitative estimate of drug-likeness (QED) is 0.794. The normalized spacial score (nSPS) is 32.1. The van der Waals surface area contributed by atoms with E-state index in [1.165, 1.54) is 18.5 Å². The number of rotatable bonds is 4. The maximum Gasteiger partial charge on any atom is 0.150 e. The number of aromatic nitrogens is 2. The van der Waals surface area contributed by atoms with Crippen LogP contribution in [0.5, 0.6) is 0 Å². The van der Waals surface area contributed by atoms with E-state index < -0.39 is 9.84 Å². The van der Waals surface area contributed by atoms with Gasteiger partial charge >= 0.3 is 0 Å². The highest BCUT2D eigenvalue weighted by molar-refractivity contribution is 7.91. The minimum absolute atomic E-state index is 0.392. The van der Waals surface area contributed by atoms with Crippen LogP contribution in [0.2, 0.25) is 0 Å². The van der Waals surface area contributed by atoms with Gasteiger partial charge in [0.05, 0.1) is 11.5 Å². The maximum absolute atomic E-state index is 11.6.